The number of ether oxygens (including phenoxy) is 1. The molecule has 1 aromatic carbocycles. The zero-order valence-corrected chi connectivity index (χ0v) is 12.6. The van der Waals surface area contributed by atoms with Crippen LogP contribution < -0.4 is 4.74 Å². The van der Waals surface area contributed by atoms with E-state index in [2.05, 4.69) is 4.90 Å². The van der Waals surface area contributed by atoms with Crippen molar-refractivity contribution < 1.29 is 9.84 Å². The second kappa shape index (κ2) is 7.17. The van der Waals surface area contributed by atoms with E-state index >= 15 is 0 Å². The third-order valence-electron chi connectivity index (χ3n) is 3.40. The van der Waals surface area contributed by atoms with Crippen LogP contribution in [0.15, 0.2) is 18.2 Å². The van der Waals surface area contributed by atoms with Gasteiger partial charge in [-0.05, 0) is 25.0 Å². The Hall–Kier alpha value is -0.710. The second-order valence-corrected chi connectivity index (χ2v) is 6.32. The molecule has 1 saturated heterocycles. The van der Waals surface area contributed by atoms with E-state index in [1.165, 1.54) is 11.5 Å². The Kier molecular flexibility index (Phi) is 5.55. The van der Waals surface area contributed by atoms with Crippen LogP contribution in [0.1, 0.15) is 11.1 Å². The lowest BCUT2D eigenvalue weighted by molar-refractivity contribution is 0.0710. The fourth-order valence-electron chi connectivity index (χ4n) is 2.34. The molecule has 1 atom stereocenters. The van der Waals surface area contributed by atoms with E-state index in [0.717, 1.165) is 30.0 Å². The van der Waals surface area contributed by atoms with Crippen LogP contribution in [-0.2, 0) is 0 Å². The molecule has 0 saturated carbocycles. The van der Waals surface area contributed by atoms with Gasteiger partial charge in [0.15, 0.2) is 0 Å². The van der Waals surface area contributed by atoms with Crippen molar-refractivity contribution in [3.63, 3.8) is 0 Å². The van der Waals surface area contributed by atoms with Crippen molar-refractivity contribution in [2.45, 2.75) is 20.0 Å². The molecule has 2 rings (SSSR count). The van der Waals surface area contributed by atoms with Crippen molar-refractivity contribution in [3.8, 4) is 5.75 Å². The number of aryl methyl sites for hydroxylation is 2. The first-order valence-corrected chi connectivity index (χ1v) is 7.99. The van der Waals surface area contributed by atoms with E-state index in [0.29, 0.717) is 13.2 Å². The highest BCUT2D eigenvalue weighted by Gasteiger charge is 2.15. The van der Waals surface area contributed by atoms with Crippen molar-refractivity contribution in [3.05, 3.63) is 29.3 Å². The maximum Gasteiger partial charge on any atom is 0.125 e. The Balaban J connectivity index is 1.81. The molecule has 4 heteroatoms. The van der Waals surface area contributed by atoms with Gasteiger partial charge >= 0.3 is 0 Å². The topological polar surface area (TPSA) is 32.7 Å². The molecular formula is C15H23NO2S. The fraction of sp³-hybridized carbons (Fsp3) is 0.600. The predicted octanol–water partition coefficient (Wildman–Crippen LogP) is 2.09. The van der Waals surface area contributed by atoms with E-state index in [-0.39, 0.29) is 0 Å². The minimum absolute atomic E-state index is 0.370. The number of thioether (sulfide) groups is 1. The molecule has 0 radical (unpaired) electrons. The summed E-state index contributed by atoms with van der Waals surface area (Å²) in [6.45, 7) is 7.31. The molecule has 1 aliphatic rings. The van der Waals surface area contributed by atoms with Crippen LogP contribution in [-0.4, -0.2) is 53.9 Å². The van der Waals surface area contributed by atoms with Gasteiger partial charge in [-0.2, -0.15) is 11.8 Å². The van der Waals surface area contributed by atoms with Gasteiger partial charge in [0.2, 0.25) is 0 Å². The summed E-state index contributed by atoms with van der Waals surface area (Å²) in [5.41, 5.74) is 2.25. The van der Waals surface area contributed by atoms with Gasteiger partial charge in [0.25, 0.3) is 0 Å². The quantitative estimate of drug-likeness (QED) is 0.896. The Morgan fingerprint density at radius 1 is 1.26 bits per heavy atom. The first-order chi connectivity index (χ1) is 9.16. The summed E-state index contributed by atoms with van der Waals surface area (Å²) in [7, 11) is 0. The van der Waals surface area contributed by atoms with Gasteiger partial charge < -0.3 is 9.84 Å². The fourth-order valence-corrected chi connectivity index (χ4v) is 3.32. The average molecular weight is 281 g/mol. The standard InChI is InChI=1S/C15H23NO2S/c1-12-4-3-5-13(2)15(12)18-11-14(17)10-16-6-8-19-9-7-16/h3-5,14,17H,6-11H2,1-2H3. The monoisotopic (exact) mass is 281 g/mol. The molecule has 0 bridgehead atoms. The molecule has 0 aliphatic carbocycles. The third kappa shape index (κ3) is 4.41. The van der Waals surface area contributed by atoms with Crippen molar-refractivity contribution in [2.75, 3.05) is 37.7 Å². The number of hydrogen-bond donors (Lipinski definition) is 1. The first-order valence-electron chi connectivity index (χ1n) is 6.84. The summed E-state index contributed by atoms with van der Waals surface area (Å²) in [6.07, 6.45) is -0.415. The lowest BCUT2D eigenvalue weighted by Gasteiger charge is -2.28. The lowest BCUT2D eigenvalue weighted by Crippen LogP contribution is -2.40. The predicted molar refractivity (Wildman–Crippen MR) is 81.2 cm³/mol. The van der Waals surface area contributed by atoms with Crippen LogP contribution in [0, 0.1) is 13.8 Å². The van der Waals surface area contributed by atoms with Crippen LogP contribution >= 0.6 is 11.8 Å². The number of aliphatic hydroxyl groups is 1. The summed E-state index contributed by atoms with van der Waals surface area (Å²) >= 11 is 1.99. The van der Waals surface area contributed by atoms with E-state index < -0.39 is 6.10 Å². The Morgan fingerprint density at radius 3 is 2.53 bits per heavy atom. The summed E-state index contributed by atoms with van der Waals surface area (Å²) in [4.78, 5) is 2.31. The van der Waals surface area contributed by atoms with Crippen LogP contribution in [0.4, 0.5) is 0 Å². The summed E-state index contributed by atoms with van der Waals surface area (Å²) in [5, 5.41) is 10.1. The van der Waals surface area contributed by atoms with Gasteiger partial charge in [-0.25, -0.2) is 0 Å². The third-order valence-corrected chi connectivity index (χ3v) is 4.34. The van der Waals surface area contributed by atoms with Gasteiger partial charge in [0, 0.05) is 31.1 Å². The van der Waals surface area contributed by atoms with Crippen LogP contribution in [0.3, 0.4) is 0 Å². The highest BCUT2D eigenvalue weighted by atomic mass is 32.2. The number of benzene rings is 1. The molecule has 1 heterocycles. The molecule has 1 aromatic rings. The zero-order chi connectivity index (χ0) is 13.7. The van der Waals surface area contributed by atoms with Crippen molar-refractivity contribution in [1.82, 2.24) is 4.90 Å². The van der Waals surface area contributed by atoms with Crippen molar-refractivity contribution in [2.24, 2.45) is 0 Å². The van der Waals surface area contributed by atoms with Crippen LogP contribution in [0.5, 0.6) is 5.75 Å². The highest BCUT2D eigenvalue weighted by molar-refractivity contribution is 7.99. The maximum absolute atomic E-state index is 10.1. The molecule has 0 spiro atoms. The van der Waals surface area contributed by atoms with Gasteiger partial charge in [-0.15, -0.1) is 0 Å². The van der Waals surface area contributed by atoms with Crippen molar-refractivity contribution in [1.29, 1.82) is 0 Å². The van der Waals surface area contributed by atoms with E-state index in [1.54, 1.807) is 0 Å². The Bertz CT molecular complexity index is 385. The molecule has 1 N–H and O–H groups in total. The molecule has 1 unspecified atom stereocenters. The summed E-state index contributed by atoms with van der Waals surface area (Å²) in [6, 6.07) is 6.10. The normalized spacial score (nSPS) is 18.3. The minimum Gasteiger partial charge on any atom is -0.490 e. The molecule has 1 aliphatic heterocycles. The molecule has 1 fully saturated rings. The number of aliphatic hydroxyl groups excluding tert-OH is 1. The molecule has 106 valence electrons. The molecule has 0 amide bonds. The number of hydrogen-bond acceptors (Lipinski definition) is 4. The van der Waals surface area contributed by atoms with Gasteiger partial charge in [-0.3, -0.25) is 4.90 Å². The lowest BCUT2D eigenvalue weighted by atomic mass is 10.1. The van der Waals surface area contributed by atoms with Gasteiger partial charge in [0.1, 0.15) is 18.5 Å². The highest BCUT2D eigenvalue weighted by Crippen LogP contribution is 2.22. The maximum atomic E-state index is 10.1. The zero-order valence-electron chi connectivity index (χ0n) is 11.8. The van der Waals surface area contributed by atoms with Crippen LogP contribution in [0.25, 0.3) is 0 Å². The Labute approximate surface area is 120 Å². The molecule has 0 aromatic heterocycles. The number of β-amino-alcohol motifs (C(OH)–C–C–N with tert-alkyl or cyclic N) is 1. The second-order valence-electron chi connectivity index (χ2n) is 5.10. The number of rotatable bonds is 5. The SMILES string of the molecule is Cc1cccc(C)c1OCC(O)CN1CCSCC1. The average Bonchev–Trinajstić information content (AvgIpc) is 2.39. The smallest absolute Gasteiger partial charge is 0.125 e. The molecule has 3 nitrogen and oxygen atoms in total. The van der Waals surface area contributed by atoms with E-state index in [1.807, 2.05) is 43.8 Å². The van der Waals surface area contributed by atoms with Crippen molar-refractivity contribution >= 4 is 11.8 Å². The molecule has 19 heavy (non-hydrogen) atoms. The molecular weight excluding hydrogens is 258 g/mol. The first kappa shape index (κ1) is 14.7. The minimum atomic E-state index is -0.415. The summed E-state index contributed by atoms with van der Waals surface area (Å²) < 4.78 is 5.79. The number of para-hydroxylation sites is 1. The number of nitrogens with zero attached hydrogens (tertiary/aromatic N) is 1. The van der Waals surface area contributed by atoms with Crippen LogP contribution in [0.2, 0.25) is 0 Å². The largest absolute Gasteiger partial charge is 0.490 e. The van der Waals surface area contributed by atoms with Gasteiger partial charge in [0.05, 0.1) is 0 Å². The summed E-state index contributed by atoms with van der Waals surface area (Å²) in [5.74, 6) is 3.25. The van der Waals surface area contributed by atoms with E-state index in [9.17, 15) is 5.11 Å². The Morgan fingerprint density at radius 2 is 1.89 bits per heavy atom. The van der Waals surface area contributed by atoms with E-state index in [4.69, 9.17) is 4.74 Å². The van der Waals surface area contributed by atoms with Gasteiger partial charge in [-0.1, -0.05) is 18.2 Å².